The summed E-state index contributed by atoms with van der Waals surface area (Å²) in [4.78, 5) is 14.5. The number of carboxylic acids is 1. The SMILES string of the molecule is O=C(O)C=Cc1nccn1-c1ccccc1. The van der Waals surface area contributed by atoms with E-state index in [0.29, 0.717) is 5.82 Å². The van der Waals surface area contributed by atoms with E-state index in [9.17, 15) is 4.79 Å². The first-order valence-corrected chi connectivity index (χ1v) is 4.77. The lowest BCUT2D eigenvalue weighted by Crippen LogP contribution is -1.96. The van der Waals surface area contributed by atoms with Crippen LogP contribution in [0.15, 0.2) is 48.8 Å². The average Bonchev–Trinajstić information content (AvgIpc) is 2.75. The summed E-state index contributed by atoms with van der Waals surface area (Å²) in [5, 5.41) is 8.55. The lowest BCUT2D eigenvalue weighted by molar-refractivity contribution is -0.131. The standard InChI is InChI=1S/C12H10N2O2/c15-12(16)7-6-11-13-8-9-14(11)10-4-2-1-3-5-10/h1-9H,(H,15,16). The number of carboxylic acid groups (broad SMARTS) is 1. The van der Waals surface area contributed by atoms with Crippen LogP contribution in [-0.4, -0.2) is 20.6 Å². The highest BCUT2D eigenvalue weighted by molar-refractivity contribution is 5.84. The Hall–Kier alpha value is -2.36. The molecule has 0 radical (unpaired) electrons. The molecule has 0 saturated carbocycles. The van der Waals surface area contributed by atoms with Gasteiger partial charge in [0.2, 0.25) is 0 Å². The number of hydrogen-bond acceptors (Lipinski definition) is 2. The Morgan fingerprint density at radius 1 is 1.31 bits per heavy atom. The van der Waals surface area contributed by atoms with Crippen molar-refractivity contribution in [3.63, 3.8) is 0 Å². The minimum atomic E-state index is -0.984. The number of aromatic nitrogens is 2. The van der Waals surface area contributed by atoms with Gasteiger partial charge in [-0.25, -0.2) is 9.78 Å². The number of para-hydroxylation sites is 1. The number of rotatable bonds is 3. The van der Waals surface area contributed by atoms with Crippen molar-refractivity contribution < 1.29 is 9.90 Å². The number of aliphatic carboxylic acids is 1. The number of imidazole rings is 1. The number of nitrogens with zero attached hydrogens (tertiary/aromatic N) is 2. The number of carbonyl (C=O) groups is 1. The summed E-state index contributed by atoms with van der Waals surface area (Å²) in [6, 6.07) is 9.62. The van der Waals surface area contributed by atoms with Gasteiger partial charge in [0.1, 0.15) is 5.82 Å². The molecule has 16 heavy (non-hydrogen) atoms. The maximum atomic E-state index is 10.4. The molecule has 1 aromatic heterocycles. The molecule has 0 spiro atoms. The van der Waals surface area contributed by atoms with Crippen molar-refractivity contribution in [2.24, 2.45) is 0 Å². The molecular weight excluding hydrogens is 204 g/mol. The summed E-state index contributed by atoms with van der Waals surface area (Å²) in [6.45, 7) is 0. The topological polar surface area (TPSA) is 55.1 Å². The molecule has 0 bridgehead atoms. The van der Waals surface area contributed by atoms with Crippen LogP contribution in [0, 0.1) is 0 Å². The van der Waals surface area contributed by atoms with Gasteiger partial charge >= 0.3 is 5.97 Å². The van der Waals surface area contributed by atoms with E-state index in [0.717, 1.165) is 11.8 Å². The second-order valence-corrected chi connectivity index (χ2v) is 3.16. The second-order valence-electron chi connectivity index (χ2n) is 3.16. The molecule has 4 heteroatoms. The largest absolute Gasteiger partial charge is 0.478 e. The van der Waals surface area contributed by atoms with Crippen LogP contribution in [0.3, 0.4) is 0 Å². The highest BCUT2D eigenvalue weighted by Crippen LogP contribution is 2.10. The molecule has 4 nitrogen and oxygen atoms in total. The van der Waals surface area contributed by atoms with Crippen molar-refractivity contribution in [2.45, 2.75) is 0 Å². The molecule has 0 amide bonds. The van der Waals surface area contributed by atoms with Crippen molar-refractivity contribution in [1.29, 1.82) is 0 Å². The molecule has 80 valence electrons. The molecular formula is C12H10N2O2. The zero-order valence-corrected chi connectivity index (χ0v) is 8.45. The summed E-state index contributed by atoms with van der Waals surface area (Å²) < 4.78 is 1.82. The van der Waals surface area contributed by atoms with Gasteiger partial charge in [-0.05, 0) is 18.2 Å². The normalized spacial score (nSPS) is 10.8. The van der Waals surface area contributed by atoms with Gasteiger partial charge < -0.3 is 9.67 Å². The summed E-state index contributed by atoms with van der Waals surface area (Å²) >= 11 is 0. The van der Waals surface area contributed by atoms with Gasteiger partial charge in [-0.1, -0.05) is 18.2 Å². The molecule has 0 aliphatic rings. The molecule has 0 fully saturated rings. The van der Waals surface area contributed by atoms with Crippen LogP contribution in [0.5, 0.6) is 0 Å². The number of benzene rings is 1. The predicted molar refractivity (Wildman–Crippen MR) is 60.2 cm³/mol. The summed E-state index contributed by atoms with van der Waals surface area (Å²) in [5.41, 5.74) is 0.949. The highest BCUT2D eigenvalue weighted by atomic mass is 16.4. The van der Waals surface area contributed by atoms with Gasteiger partial charge in [0.05, 0.1) is 0 Å². The first-order chi connectivity index (χ1) is 7.77. The Morgan fingerprint density at radius 2 is 2.06 bits per heavy atom. The minimum Gasteiger partial charge on any atom is -0.478 e. The fourth-order valence-corrected chi connectivity index (χ4v) is 1.39. The van der Waals surface area contributed by atoms with E-state index >= 15 is 0 Å². The summed E-state index contributed by atoms with van der Waals surface area (Å²) in [6.07, 6.45) is 5.96. The minimum absolute atomic E-state index is 0.591. The molecule has 2 aromatic rings. The lowest BCUT2D eigenvalue weighted by atomic mass is 10.3. The summed E-state index contributed by atoms with van der Waals surface area (Å²) in [7, 11) is 0. The van der Waals surface area contributed by atoms with Crippen molar-refractivity contribution in [2.75, 3.05) is 0 Å². The molecule has 0 aliphatic heterocycles. The molecule has 1 N–H and O–H groups in total. The maximum Gasteiger partial charge on any atom is 0.328 e. The fraction of sp³-hybridized carbons (Fsp3) is 0. The molecule has 0 atom stereocenters. The van der Waals surface area contributed by atoms with Gasteiger partial charge in [0.15, 0.2) is 0 Å². The van der Waals surface area contributed by atoms with Gasteiger partial charge in [0.25, 0.3) is 0 Å². The van der Waals surface area contributed by atoms with E-state index in [1.54, 1.807) is 12.4 Å². The third kappa shape index (κ3) is 2.17. The monoisotopic (exact) mass is 214 g/mol. The fourth-order valence-electron chi connectivity index (χ4n) is 1.39. The van der Waals surface area contributed by atoms with E-state index in [1.165, 1.54) is 6.08 Å². The zero-order chi connectivity index (χ0) is 11.4. The second kappa shape index (κ2) is 4.44. The van der Waals surface area contributed by atoms with Gasteiger partial charge in [-0.3, -0.25) is 0 Å². The van der Waals surface area contributed by atoms with Crippen LogP contribution in [-0.2, 0) is 4.79 Å². The van der Waals surface area contributed by atoms with Crippen LogP contribution in [0.2, 0.25) is 0 Å². The Balaban J connectivity index is 2.37. The van der Waals surface area contributed by atoms with Crippen molar-refractivity contribution in [1.82, 2.24) is 9.55 Å². The zero-order valence-electron chi connectivity index (χ0n) is 8.45. The van der Waals surface area contributed by atoms with Crippen molar-refractivity contribution >= 4 is 12.0 Å². The highest BCUT2D eigenvalue weighted by Gasteiger charge is 2.01. The molecule has 0 aliphatic carbocycles. The van der Waals surface area contributed by atoms with E-state index in [1.807, 2.05) is 34.9 Å². The van der Waals surface area contributed by atoms with E-state index < -0.39 is 5.97 Å². The first kappa shape index (κ1) is 10.2. The molecule has 0 unspecified atom stereocenters. The third-order valence-corrected chi connectivity index (χ3v) is 2.08. The van der Waals surface area contributed by atoms with Crippen LogP contribution in [0.4, 0.5) is 0 Å². The maximum absolute atomic E-state index is 10.4. The Morgan fingerprint density at radius 3 is 2.75 bits per heavy atom. The van der Waals surface area contributed by atoms with E-state index in [4.69, 9.17) is 5.11 Å². The lowest BCUT2D eigenvalue weighted by Gasteiger charge is -2.03. The van der Waals surface area contributed by atoms with E-state index in [-0.39, 0.29) is 0 Å². The quantitative estimate of drug-likeness (QED) is 0.795. The molecule has 1 aromatic carbocycles. The molecule has 2 rings (SSSR count). The molecule has 1 heterocycles. The smallest absolute Gasteiger partial charge is 0.328 e. The average molecular weight is 214 g/mol. The summed E-state index contributed by atoms with van der Waals surface area (Å²) in [5.74, 6) is -0.392. The van der Waals surface area contributed by atoms with Gasteiger partial charge in [0, 0.05) is 24.2 Å². The molecule has 0 saturated heterocycles. The van der Waals surface area contributed by atoms with Crippen molar-refractivity contribution in [3.05, 3.63) is 54.6 Å². The van der Waals surface area contributed by atoms with Crippen LogP contribution < -0.4 is 0 Å². The van der Waals surface area contributed by atoms with Gasteiger partial charge in [-0.2, -0.15) is 0 Å². The van der Waals surface area contributed by atoms with Crippen LogP contribution in [0.1, 0.15) is 5.82 Å². The van der Waals surface area contributed by atoms with Gasteiger partial charge in [-0.15, -0.1) is 0 Å². The van der Waals surface area contributed by atoms with Crippen LogP contribution in [0.25, 0.3) is 11.8 Å². The number of hydrogen-bond donors (Lipinski definition) is 1. The first-order valence-electron chi connectivity index (χ1n) is 4.77. The Kier molecular flexibility index (Phi) is 2.82. The van der Waals surface area contributed by atoms with Crippen molar-refractivity contribution in [3.8, 4) is 5.69 Å². The predicted octanol–water partition coefficient (Wildman–Crippen LogP) is 1.97. The Bertz CT molecular complexity index is 515. The third-order valence-electron chi connectivity index (χ3n) is 2.08. The van der Waals surface area contributed by atoms with Crippen LogP contribution >= 0.6 is 0 Å². The Labute approximate surface area is 92.5 Å². The van der Waals surface area contributed by atoms with E-state index in [2.05, 4.69) is 4.98 Å².